The molecule has 0 bridgehead atoms. The third-order valence-corrected chi connectivity index (χ3v) is 2.61. The molecule has 1 aromatic rings. The van der Waals surface area contributed by atoms with E-state index in [9.17, 15) is 5.11 Å². The van der Waals surface area contributed by atoms with Crippen LogP contribution in [0.15, 0.2) is 18.5 Å². The Labute approximate surface area is 83.7 Å². The van der Waals surface area contributed by atoms with Crippen LogP contribution in [0.2, 0.25) is 0 Å². The van der Waals surface area contributed by atoms with Crippen LogP contribution in [0.1, 0.15) is 32.1 Å². The molecule has 1 aliphatic rings. The molecule has 1 aromatic heterocycles. The fraction of sp³-hybridized carbons (Fsp3) is 0.545. The number of rotatable bonds is 2. The summed E-state index contributed by atoms with van der Waals surface area (Å²) >= 11 is 0. The van der Waals surface area contributed by atoms with Crippen molar-refractivity contribution in [2.24, 2.45) is 0 Å². The van der Waals surface area contributed by atoms with Gasteiger partial charge in [-0.3, -0.25) is 4.98 Å². The van der Waals surface area contributed by atoms with Crippen molar-refractivity contribution < 1.29 is 9.84 Å². The van der Waals surface area contributed by atoms with Crippen LogP contribution in [-0.4, -0.2) is 16.2 Å². The van der Waals surface area contributed by atoms with Gasteiger partial charge >= 0.3 is 0 Å². The molecule has 1 N–H and O–H groups in total. The Hall–Kier alpha value is -1.25. The average Bonchev–Trinajstić information content (AvgIpc) is 2.23. The highest BCUT2D eigenvalue weighted by Crippen LogP contribution is 2.28. The zero-order valence-electron chi connectivity index (χ0n) is 8.15. The van der Waals surface area contributed by atoms with E-state index in [1.165, 1.54) is 25.5 Å². The van der Waals surface area contributed by atoms with Gasteiger partial charge in [0.15, 0.2) is 11.5 Å². The molecule has 0 aliphatic heterocycles. The van der Waals surface area contributed by atoms with E-state index < -0.39 is 0 Å². The maximum atomic E-state index is 9.45. The minimum atomic E-state index is 0.137. The van der Waals surface area contributed by atoms with Crippen molar-refractivity contribution in [2.75, 3.05) is 0 Å². The highest BCUT2D eigenvalue weighted by Gasteiger charge is 2.15. The normalized spacial score (nSPS) is 18.0. The smallest absolute Gasteiger partial charge is 0.176 e. The second-order valence-electron chi connectivity index (χ2n) is 3.72. The Bertz CT molecular complexity index is 295. The summed E-state index contributed by atoms with van der Waals surface area (Å²) in [6.07, 6.45) is 9.30. The largest absolute Gasteiger partial charge is 0.503 e. The molecule has 76 valence electrons. The minimum Gasteiger partial charge on any atom is -0.503 e. The van der Waals surface area contributed by atoms with Crippen molar-refractivity contribution in [1.29, 1.82) is 0 Å². The Balaban J connectivity index is 1.99. The van der Waals surface area contributed by atoms with E-state index in [2.05, 4.69) is 4.98 Å². The van der Waals surface area contributed by atoms with Crippen LogP contribution in [0, 0.1) is 0 Å². The van der Waals surface area contributed by atoms with Gasteiger partial charge < -0.3 is 9.84 Å². The lowest BCUT2D eigenvalue weighted by Gasteiger charge is -2.23. The first-order valence-corrected chi connectivity index (χ1v) is 5.16. The van der Waals surface area contributed by atoms with Crippen molar-refractivity contribution >= 4 is 0 Å². The van der Waals surface area contributed by atoms with E-state index in [4.69, 9.17) is 4.74 Å². The number of hydrogen-bond acceptors (Lipinski definition) is 3. The van der Waals surface area contributed by atoms with Gasteiger partial charge in [0.05, 0.1) is 12.3 Å². The van der Waals surface area contributed by atoms with Crippen molar-refractivity contribution in [3.05, 3.63) is 18.5 Å². The molecule has 0 saturated heterocycles. The second kappa shape index (κ2) is 4.31. The van der Waals surface area contributed by atoms with Gasteiger partial charge in [-0.15, -0.1) is 0 Å². The topological polar surface area (TPSA) is 42.4 Å². The third-order valence-electron chi connectivity index (χ3n) is 2.61. The summed E-state index contributed by atoms with van der Waals surface area (Å²) in [7, 11) is 0. The number of ether oxygens (including phenoxy) is 1. The predicted molar refractivity (Wildman–Crippen MR) is 53.4 cm³/mol. The molecule has 2 rings (SSSR count). The van der Waals surface area contributed by atoms with Crippen LogP contribution >= 0.6 is 0 Å². The lowest BCUT2D eigenvalue weighted by molar-refractivity contribution is 0.150. The maximum absolute atomic E-state index is 9.45. The molecule has 3 heteroatoms. The number of aromatic hydroxyl groups is 1. The molecule has 1 saturated carbocycles. The van der Waals surface area contributed by atoms with Gasteiger partial charge in [0, 0.05) is 12.3 Å². The standard InChI is InChI=1S/C11H15NO2/c13-10-8-12-7-6-11(10)14-9-4-2-1-3-5-9/h6-9,13H,1-5H2. The average molecular weight is 193 g/mol. The van der Waals surface area contributed by atoms with E-state index in [1.54, 1.807) is 12.3 Å². The van der Waals surface area contributed by atoms with Gasteiger partial charge in [0.25, 0.3) is 0 Å². The van der Waals surface area contributed by atoms with Gasteiger partial charge in [0.1, 0.15) is 0 Å². The Morgan fingerprint density at radius 3 is 2.79 bits per heavy atom. The predicted octanol–water partition coefficient (Wildman–Crippen LogP) is 2.50. The van der Waals surface area contributed by atoms with Crippen LogP contribution in [-0.2, 0) is 0 Å². The molecular formula is C11H15NO2. The summed E-state index contributed by atoms with van der Waals surface area (Å²) in [6, 6.07) is 1.71. The first-order valence-electron chi connectivity index (χ1n) is 5.16. The quantitative estimate of drug-likeness (QED) is 0.784. The van der Waals surface area contributed by atoms with Crippen LogP contribution in [0.25, 0.3) is 0 Å². The maximum Gasteiger partial charge on any atom is 0.176 e. The zero-order chi connectivity index (χ0) is 9.80. The molecule has 3 nitrogen and oxygen atoms in total. The first kappa shape index (κ1) is 9.31. The van der Waals surface area contributed by atoms with E-state index in [1.807, 2.05) is 0 Å². The van der Waals surface area contributed by atoms with E-state index in [-0.39, 0.29) is 11.9 Å². The molecule has 1 heterocycles. The molecule has 0 aromatic carbocycles. The van der Waals surface area contributed by atoms with E-state index in [0.29, 0.717) is 5.75 Å². The Morgan fingerprint density at radius 1 is 1.29 bits per heavy atom. The molecule has 0 amide bonds. The summed E-state index contributed by atoms with van der Waals surface area (Å²) < 4.78 is 5.70. The van der Waals surface area contributed by atoms with Gasteiger partial charge in [-0.1, -0.05) is 6.42 Å². The summed E-state index contributed by atoms with van der Waals surface area (Å²) in [4.78, 5) is 3.81. The molecular weight excluding hydrogens is 178 g/mol. The summed E-state index contributed by atoms with van der Waals surface area (Å²) in [6.45, 7) is 0. The highest BCUT2D eigenvalue weighted by atomic mass is 16.5. The van der Waals surface area contributed by atoms with Crippen molar-refractivity contribution in [2.45, 2.75) is 38.2 Å². The summed E-state index contributed by atoms with van der Waals surface area (Å²) in [5.41, 5.74) is 0. The molecule has 0 spiro atoms. The fourth-order valence-electron chi connectivity index (χ4n) is 1.84. The fourth-order valence-corrected chi connectivity index (χ4v) is 1.84. The number of pyridine rings is 1. The van der Waals surface area contributed by atoms with E-state index >= 15 is 0 Å². The SMILES string of the molecule is Oc1cnccc1OC1CCCCC1. The van der Waals surface area contributed by atoms with Gasteiger partial charge in [0.2, 0.25) is 0 Å². The number of aromatic nitrogens is 1. The van der Waals surface area contributed by atoms with Gasteiger partial charge in [-0.05, 0) is 25.7 Å². The number of nitrogens with zero attached hydrogens (tertiary/aromatic N) is 1. The number of hydrogen-bond donors (Lipinski definition) is 1. The van der Waals surface area contributed by atoms with E-state index in [0.717, 1.165) is 12.8 Å². The van der Waals surface area contributed by atoms with Crippen LogP contribution < -0.4 is 4.74 Å². The minimum absolute atomic E-state index is 0.137. The van der Waals surface area contributed by atoms with Crippen molar-refractivity contribution in [1.82, 2.24) is 4.98 Å². The Kier molecular flexibility index (Phi) is 2.87. The van der Waals surface area contributed by atoms with Crippen LogP contribution in [0.5, 0.6) is 11.5 Å². The Morgan fingerprint density at radius 2 is 2.07 bits per heavy atom. The third kappa shape index (κ3) is 2.16. The van der Waals surface area contributed by atoms with Crippen LogP contribution in [0.3, 0.4) is 0 Å². The molecule has 1 aliphatic carbocycles. The van der Waals surface area contributed by atoms with Crippen LogP contribution in [0.4, 0.5) is 0 Å². The molecule has 0 unspecified atom stereocenters. The molecule has 0 radical (unpaired) electrons. The lowest BCUT2D eigenvalue weighted by Crippen LogP contribution is -2.19. The summed E-state index contributed by atoms with van der Waals surface area (Å²) in [5, 5.41) is 9.45. The van der Waals surface area contributed by atoms with Gasteiger partial charge in [-0.2, -0.15) is 0 Å². The lowest BCUT2D eigenvalue weighted by atomic mass is 9.98. The van der Waals surface area contributed by atoms with Crippen molar-refractivity contribution in [3.63, 3.8) is 0 Å². The second-order valence-corrected chi connectivity index (χ2v) is 3.72. The molecule has 1 fully saturated rings. The molecule has 0 atom stereocenters. The van der Waals surface area contributed by atoms with Gasteiger partial charge in [-0.25, -0.2) is 0 Å². The summed E-state index contributed by atoms with van der Waals surface area (Å²) in [5.74, 6) is 0.699. The highest BCUT2D eigenvalue weighted by molar-refractivity contribution is 5.35. The molecule has 14 heavy (non-hydrogen) atoms. The monoisotopic (exact) mass is 193 g/mol. The zero-order valence-corrected chi connectivity index (χ0v) is 8.15. The van der Waals surface area contributed by atoms with Crippen molar-refractivity contribution in [3.8, 4) is 11.5 Å². The first-order chi connectivity index (χ1) is 6.86.